The average molecular weight is 156 g/mol. The van der Waals surface area contributed by atoms with Crippen molar-refractivity contribution in [1.82, 2.24) is 5.32 Å². The Hall–Kier alpha value is -0.570. The lowest BCUT2D eigenvalue weighted by Crippen LogP contribution is -2.34. The third kappa shape index (κ3) is 1.93. The van der Waals surface area contributed by atoms with Gasteiger partial charge in [-0.15, -0.1) is 0 Å². The van der Waals surface area contributed by atoms with Gasteiger partial charge in [-0.3, -0.25) is 4.79 Å². The second-order valence-corrected chi connectivity index (χ2v) is 3.85. The van der Waals surface area contributed by atoms with E-state index in [2.05, 4.69) is 5.32 Å². The molecular weight excluding hydrogens is 140 g/mol. The van der Waals surface area contributed by atoms with Crippen LogP contribution in [0.1, 0.15) is 26.7 Å². The third-order valence-corrected chi connectivity index (χ3v) is 2.10. The van der Waals surface area contributed by atoms with E-state index >= 15 is 0 Å². The van der Waals surface area contributed by atoms with Crippen LogP contribution in [0.3, 0.4) is 0 Å². The first kappa shape index (κ1) is 8.53. The van der Waals surface area contributed by atoms with Gasteiger partial charge in [0, 0.05) is 11.5 Å². The van der Waals surface area contributed by atoms with E-state index < -0.39 is 0 Å². The molecule has 1 heterocycles. The zero-order valence-corrected chi connectivity index (χ0v) is 7.18. The van der Waals surface area contributed by atoms with Crippen molar-refractivity contribution in [1.29, 1.82) is 0 Å². The number of rotatable bonds is 2. The van der Waals surface area contributed by atoms with Crippen LogP contribution in [0.4, 0.5) is 0 Å². The van der Waals surface area contributed by atoms with Crippen LogP contribution in [0.5, 0.6) is 0 Å². The summed E-state index contributed by atoms with van der Waals surface area (Å²) in [4.78, 5) is 11.2. The van der Waals surface area contributed by atoms with Crippen LogP contribution < -0.4 is 11.1 Å². The predicted octanol–water partition coefficient (Wildman–Crippen LogP) is 0.250. The Labute approximate surface area is 67.3 Å². The lowest BCUT2D eigenvalue weighted by atomic mass is 9.95. The van der Waals surface area contributed by atoms with Crippen molar-refractivity contribution >= 4 is 5.91 Å². The summed E-state index contributed by atoms with van der Waals surface area (Å²) in [6, 6.07) is 0. The Morgan fingerprint density at radius 2 is 2.36 bits per heavy atom. The molecule has 3 nitrogen and oxygen atoms in total. The van der Waals surface area contributed by atoms with Crippen molar-refractivity contribution in [3.05, 3.63) is 0 Å². The molecule has 3 N–H and O–H groups in total. The molecule has 11 heavy (non-hydrogen) atoms. The zero-order valence-electron chi connectivity index (χ0n) is 7.18. The van der Waals surface area contributed by atoms with Crippen molar-refractivity contribution < 1.29 is 4.79 Å². The molecule has 1 atom stereocenters. The van der Waals surface area contributed by atoms with Gasteiger partial charge in [0.15, 0.2) is 0 Å². The number of hydrogen-bond donors (Lipinski definition) is 2. The Bertz CT molecular complexity index is 165. The monoisotopic (exact) mass is 156 g/mol. The quantitative estimate of drug-likeness (QED) is 0.602. The first-order valence-corrected chi connectivity index (χ1v) is 4.07. The summed E-state index contributed by atoms with van der Waals surface area (Å²) >= 11 is 0. The standard InChI is InChI=1S/C8H16N2O/c1-8(2)5-6(3-4-9)7(11)10-8/h6H,3-5,9H2,1-2H3,(H,10,11). The maximum absolute atomic E-state index is 11.2. The summed E-state index contributed by atoms with van der Waals surface area (Å²) < 4.78 is 0. The van der Waals surface area contributed by atoms with Crippen LogP contribution in [-0.2, 0) is 4.79 Å². The highest BCUT2D eigenvalue weighted by atomic mass is 16.2. The second kappa shape index (κ2) is 2.81. The summed E-state index contributed by atoms with van der Waals surface area (Å²) in [5.41, 5.74) is 5.36. The van der Waals surface area contributed by atoms with Crippen molar-refractivity contribution in [2.24, 2.45) is 11.7 Å². The van der Waals surface area contributed by atoms with Gasteiger partial charge in [-0.25, -0.2) is 0 Å². The van der Waals surface area contributed by atoms with Crippen LogP contribution in [0.15, 0.2) is 0 Å². The molecule has 64 valence electrons. The number of carbonyl (C=O) groups excluding carboxylic acids is 1. The number of hydrogen-bond acceptors (Lipinski definition) is 2. The van der Waals surface area contributed by atoms with Gasteiger partial charge in [0.1, 0.15) is 0 Å². The van der Waals surface area contributed by atoms with E-state index in [9.17, 15) is 4.79 Å². The number of nitrogens with one attached hydrogen (secondary N) is 1. The van der Waals surface area contributed by atoms with E-state index in [-0.39, 0.29) is 17.4 Å². The van der Waals surface area contributed by atoms with Gasteiger partial charge in [-0.05, 0) is 33.2 Å². The maximum atomic E-state index is 11.2. The van der Waals surface area contributed by atoms with E-state index in [0.717, 1.165) is 12.8 Å². The van der Waals surface area contributed by atoms with Crippen molar-refractivity contribution in [3.8, 4) is 0 Å². The number of nitrogens with two attached hydrogens (primary N) is 1. The molecule has 3 heteroatoms. The fourth-order valence-electron chi connectivity index (χ4n) is 1.63. The number of carbonyl (C=O) groups is 1. The fraction of sp³-hybridized carbons (Fsp3) is 0.875. The summed E-state index contributed by atoms with van der Waals surface area (Å²) in [6.45, 7) is 4.69. The summed E-state index contributed by atoms with van der Waals surface area (Å²) in [5.74, 6) is 0.315. The molecule has 1 aliphatic rings. The topological polar surface area (TPSA) is 55.1 Å². The first-order valence-electron chi connectivity index (χ1n) is 4.07. The van der Waals surface area contributed by atoms with Gasteiger partial charge in [0.05, 0.1) is 0 Å². The first-order chi connectivity index (χ1) is 5.05. The minimum atomic E-state index is -0.0169. The molecule has 1 aliphatic heterocycles. The van der Waals surface area contributed by atoms with Gasteiger partial charge in [0.2, 0.25) is 5.91 Å². The molecule has 1 fully saturated rings. The average Bonchev–Trinajstić information content (AvgIpc) is 2.07. The molecule has 0 radical (unpaired) electrons. The number of amides is 1. The molecule has 0 aromatic rings. The fourth-order valence-corrected chi connectivity index (χ4v) is 1.63. The molecule has 0 aromatic carbocycles. The maximum Gasteiger partial charge on any atom is 0.223 e. The van der Waals surface area contributed by atoms with E-state index in [0.29, 0.717) is 6.54 Å². The minimum absolute atomic E-state index is 0.0169. The van der Waals surface area contributed by atoms with Crippen molar-refractivity contribution in [3.63, 3.8) is 0 Å². The lowest BCUT2D eigenvalue weighted by Gasteiger charge is -2.16. The van der Waals surface area contributed by atoms with Gasteiger partial charge in [-0.2, -0.15) is 0 Å². The van der Waals surface area contributed by atoms with E-state index in [1.165, 1.54) is 0 Å². The van der Waals surface area contributed by atoms with Crippen LogP contribution >= 0.6 is 0 Å². The second-order valence-electron chi connectivity index (χ2n) is 3.85. The molecule has 0 saturated carbocycles. The van der Waals surface area contributed by atoms with Gasteiger partial charge >= 0.3 is 0 Å². The van der Waals surface area contributed by atoms with Crippen LogP contribution in [0, 0.1) is 5.92 Å². The molecular formula is C8H16N2O. The van der Waals surface area contributed by atoms with E-state index in [1.54, 1.807) is 0 Å². The van der Waals surface area contributed by atoms with Crippen molar-refractivity contribution in [2.75, 3.05) is 6.54 Å². The molecule has 1 saturated heterocycles. The molecule has 1 unspecified atom stereocenters. The highest BCUT2D eigenvalue weighted by molar-refractivity contribution is 5.81. The Morgan fingerprint density at radius 1 is 1.73 bits per heavy atom. The van der Waals surface area contributed by atoms with Crippen LogP contribution in [0.25, 0.3) is 0 Å². The smallest absolute Gasteiger partial charge is 0.223 e. The molecule has 0 aliphatic carbocycles. The molecule has 1 rings (SSSR count). The minimum Gasteiger partial charge on any atom is -0.351 e. The van der Waals surface area contributed by atoms with Crippen LogP contribution in [-0.4, -0.2) is 18.0 Å². The largest absolute Gasteiger partial charge is 0.351 e. The Morgan fingerprint density at radius 3 is 2.73 bits per heavy atom. The van der Waals surface area contributed by atoms with E-state index in [4.69, 9.17) is 5.73 Å². The summed E-state index contributed by atoms with van der Waals surface area (Å²) in [5, 5.41) is 2.93. The van der Waals surface area contributed by atoms with Gasteiger partial charge in [-0.1, -0.05) is 0 Å². The summed E-state index contributed by atoms with van der Waals surface area (Å²) in [6.07, 6.45) is 1.73. The lowest BCUT2D eigenvalue weighted by molar-refractivity contribution is -0.122. The SMILES string of the molecule is CC1(C)CC(CCN)C(=O)N1. The molecule has 1 amide bonds. The van der Waals surface area contributed by atoms with Gasteiger partial charge in [0.25, 0.3) is 0 Å². The highest BCUT2D eigenvalue weighted by Gasteiger charge is 2.36. The summed E-state index contributed by atoms with van der Waals surface area (Å²) in [7, 11) is 0. The van der Waals surface area contributed by atoms with Gasteiger partial charge < -0.3 is 11.1 Å². The third-order valence-electron chi connectivity index (χ3n) is 2.10. The highest BCUT2D eigenvalue weighted by Crippen LogP contribution is 2.25. The Balaban J connectivity index is 2.52. The molecule has 0 bridgehead atoms. The van der Waals surface area contributed by atoms with E-state index in [1.807, 2.05) is 13.8 Å². The zero-order chi connectivity index (χ0) is 8.48. The normalized spacial score (nSPS) is 28.6. The Kier molecular flexibility index (Phi) is 2.18. The van der Waals surface area contributed by atoms with Crippen LogP contribution in [0.2, 0.25) is 0 Å². The van der Waals surface area contributed by atoms with Crippen molar-refractivity contribution in [2.45, 2.75) is 32.2 Å². The predicted molar refractivity (Wildman–Crippen MR) is 44.0 cm³/mol. The molecule has 0 aromatic heterocycles. The molecule has 0 spiro atoms.